The Morgan fingerprint density at radius 3 is 2.56 bits per heavy atom. The standard InChI is InChI=1S/C12H12F2N2/c13-12(14)9(7-15)11-6-5-8-3-1-2-4-10(8)16-11/h1-6,9,12H,7,15H2. The monoisotopic (exact) mass is 222 g/mol. The Hall–Kier alpha value is -1.55. The molecule has 2 nitrogen and oxygen atoms in total. The van der Waals surface area contributed by atoms with Crippen molar-refractivity contribution >= 4 is 10.9 Å². The van der Waals surface area contributed by atoms with Crippen molar-refractivity contribution in [2.24, 2.45) is 5.73 Å². The molecule has 0 saturated carbocycles. The Balaban J connectivity index is 2.45. The molecule has 4 heteroatoms. The van der Waals surface area contributed by atoms with E-state index < -0.39 is 12.3 Å². The summed E-state index contributed by atoms with van der Waals surface area (Å²) in [5, 5.41) is 0.941. The van der Waals surface area contributed by atoms with Gasteiger partial charge < -0.3 is 5.73 Å². The number of pyridine rings is 1. The molecule has 1 aromatic heterocycles. The van der Waals surface area contributed by atoms with Crippen molar-refractivity contribution in [3.05, 3.63) is 42.1 Å². The van der Waals surface area contributed by atoms with Crippen molar-refractivity contribution in [2.45, 2.75) is 12.3 Å². The predicted molar refractivity (Wildman–Crippen MR) is 59.5 cm³/mol. The van der Waals surface area contributed by atoms with Gasteiger partial charge in [0, 0.05) is 11.9 Å². The molecule has 2 N–H and O–H groups in total. The van der Waals surface area contributed by atoms with Crippen LogP contribution < -0.4 is 5.73 Å². The molecule has 1 heterocycles. The van der Waals surface area contributed by atoms with Crippen LogP contribution in [0.2, 0.25) is 0 Å². The van der Waals surface area contributed by atoms with Gasteiger partial charge in [-0.2, -0.15) is 0 Å². The van der Waals surface area contributed by atoms with Crippen LogP contribution in [0.15, 0.2) is 36.4 Å². The van der Waals surface area contributed by atoms with E-state index in [9.17, 15) is 8.78 Å². The summed E-state index contributed by atoms with van der Waals surface area (Å²) in [5.74, 6) is -0.982. The van der Waals surface area contributed by atoms with Crippen LogP contribution >= 0.6 is 0 Å². The lowest BCUT2D eigenvalue weighted by molar-refractivity contribution is 0.115. The number of fused-ring (bicyclic) bond motifs is 1. The maximum atomic E-state index is 12.7. The Labute approximate surface area is 92.1 Å². The summed E-state index contributed by atoms with van der Waals surface area (Å²) in [6.07, 6.45) is -2.47. The highest BCUT2D eigenvalue weighted by molar-refractivity contribution is 5.78. The van der Waals surface area contributed by atoms with E-state index in [4.69, 9.17) is 5.73 Å². The molecule has 1 atom stereocenters. The lowest BCUT2D eigenvalue weighted by atomic mass is 10.0. The van der Waals surface area contributed by atoms with Gasteiger partial charge in [0.15, 0.2) is 0 Å². The van der Waals surface area contributed by atoms with Crippen LogP contribution in [0.1, 0.15) is 11.6 Å². The first-order valence-electron chi connectivity index (χ1n) is 5.06. The molecule has 0 aliphatic carbocycles. The van der Waals surface area contributed by atoms with Crippen molar-refractivity contribution in [1.29, 1.82) is 0 Å². The van der Waals surface area contributed by atoms with Crippen molar-refractivity contribution in [1.82, 2.24) is 4.98 Å². The van der Waals surface area contributed by atoms with Crippen LogP contribution in [0, 0.1) is 0 Å². The van der Waals surface area contributed by atoms with Gasteiger partial charge in [0.1, 0.15) is 0 Å². The summed E-state index contributed by atoms with van der Waals surface area (Å²) >= 11 is 0. The van der Waals surface area contributed by atoms with Gasteiger partial charge in [0.25, 0.3) is 0 Å². The number of hydrogen-bond acceptors (Lipinski definition) is 2. The van der Waals surface area contributed by atoms with Crippen LogP contribution in [0.25, 0.3) is 10.9 Å². The second-order valence-electron chi connectivity index (χ2n) is 3.61. The Morgan fingerprint density at radius 1 is 1.12 bits per heavy atom. The van der Waals surface area contributed by atoms with E-state index in [0.29, 0.717) is 5.69 Å². The molecular weight excluding hydrogens is 210 g/mol. The molecule has 0 aliphatic heterocycles. The van der Waals surface area contributed by atoms with Crippen LogP contribution in [-0.4, -0.2) is 18.0 Å². The van der Waals surface area contributed by atoms with Crippen molar-refractivity contribution < 1.29 is 8.78 Å². The summed E-state index contributed by atoms with van der Waals surface area (Å²) in [7, 11) is 0. The normalized spacial score (nSPS) is 13.2. The topological polar surface area (TPSA) is 38.9 Å². The molecule has 0 radical (unpaired) electrons. The summed E-state index contributed by atoms with van der Waals surface area (Å²) in [5.41, 5.74) is 6.41. The van der Waals surface area contributed by atoms with Gasteiger partial charge in [-0.15, -0.1) is 0 Å². The largest absolute Gasteiger partial charge is 0.330 e. The summed E-state index contributed by atoms with van der Waals surface area (Å²) in [6.45, 7) is -0.0942. The second kappa shape index (κ2) is 4.53. The molecule has 0 bridgehead atoms. The second-order valence-corrected chi connectivity index (χ2v) is 3.61. The molecule has 1 aromatic carbocycles. The van der Waals surface area contributed by atoms with Crippen molar-refractivity contribution in [2.75, 3.05) is 6.54 Å². The molecule has 2 aromatic rings. The Kier molecular flexibility index (Phi) is 3.10. The minimum atomic E-state index is -2.47. The molecule has 0 spiro atoms. The number of nitrogens with zero attached hydrogens (tertiary/aromatic N) is 1. The van der Waals surface area contributed by atoms with Crippen LogP contribution in [0.5, 0.6) is 0 Å². The number of para-hydroxylation sites is 1. The van der Waals surface area contributed by atoms with Gasteiger partial charge >= 0.3 is 0 Å². The average Bonchev–Trinajstić information content (AvgIpc) is 2.29. The third-order valence-electron chi connectivity index (χ3n) is 2.56. The van der Waals surface area contributed by atoms with E-state index in [1.807, 2.05) is 18.2 Å². The fraction of sp³-hybridized carbons (Fsp3) is 0.250. The maximum absolute atomic E-state index is 12.7. The van der Waals surface area contributed by atoms with Gasteiger partial charge in [-0.25, -0.2) is 8.78 Å². The number of nitrogens with two attached hydrogens (primary N) is 1. The van der Waals surface area contributed by atoms with E-state index in [1.165, 1.54) is 0 Å². The summed E-state index contributed by atoms with van der Waals surface area (Å²) < 4.78 is 25.3. The van der Waals surface area contributed by atoms with Crippen LogP contribution in [0.4, 0.5) is 8.78 Å². The number of rotatable bonds is 3. The smallest absolute Gasteiger partial charge is 0.248 e. The molecule has 0 fully saturated rings. The van der Waals surface area contributed by atoms with E-state index in [2.05, 4.69) is 4.98 Å². The highest BCUT2D eigenvalue weighted by Gasteiger charge is 2.22. The number of halogens is 2. The number of benzene rings is 1. The van der Waals surface area contributed by atoms with E-state index in [1.54, 1.807) is 18.2 Å². The van der Waals surface area contributed by atoms with Crippen LogP contribution in [0.3, 0.4) is 0 Å². The van der Waals surface area contributed by atoms with Gasteiger partial charge in [-0.1, -0.05) is 24.3 Å². The zero-order valence-corrected chi connectivity index (χ0v) is 8.61. The number of aromatic nitrogens is 1. The van der Waals surface area contributed by atoms with Gasteiger partial charge in [0.2, 0.25) is 6.43 Å². The maximum Gasteiger partial charge on any atom is 0.248 e. The average molecular weight is 222 g/mol. The molecular formula is C12H12F2N2. The van der Waals surface area contributed by atoms with E-state index >= 15 is 0 Å². The molecule has 84 valence electrons. The molecule has 16 heavy (non-hydrogen) atoms. The SMILES string of the molecule is NCC(c1ccc2ccccc2n1)C(F)F. The Bertz CT molecular complexity index is 485. The highest BCUT2D eigenvalue weighted by Crippen LogP contribution is 2.22. The first kappa shape index (κ1) is 11.0. The first-order valence-corrected chi connectivity index (χ1v) is 5.06. The van der Waals surface area contributed by atoms with Gasteiger partial charge in [0.05, 0.1) is 17.1 Å². The quantitative estimate of drug-likeness (QED) is 0.866. The van der Waals surface area contributed by atoms with Gasteiger partial charge in [-0.3, -0.25) is 4.98 Å². The fourth-order valence-electron chi connectivity index (χ4n) is 1.64. The minimum absolute atomic E-state index is 0.0942. The Morgan fingerprint density at radius 2 is 1.88 bits per heavy atom. The van der Waals surface area contributed by atoms with Crippen molar-refractivity contribution in [3.8, 4) is 0 Å². The molecule has 2 rings (SSSR count). The first-order chi connectivity index (χ1) is 7.72. The zero-order chi connectivity index (χ0) is 11.5. The zero-order valence-electron chi connectivity index (χ0n) is 8.61. The minimum Gasteiger partial charge on any atom is -0.330 e. The highest BCUT2D eigenvalue weighted by atomic mass is 19.3. The summed E-state index contributed by atoms with van der Waals surface area (Å²) in [4.78, 5) is 4.21. The van der Waals surface area contributed by atoms with E-state index in [-0.39, 0.29) is 6.54 Å². The third-order valence-corrected chi connectivity index (χ3v) is 2.56. The number of alkyl halides is 2. The van der Waals surface area contributed by atoms with Crippen LogP contribution in [-0.2, 0) is 0 Å². The fourth-order valence-corrected chi connectivity index (χ4v) is 1.64. The predicted octanol–water partition coefficient (Wildman–Crippen LogP) is 2.54. The molecule has 0 aliphatic rings. The number of hydrogen-bond donors (Lipinski definition) is 1. The van der Waals surface area contributed by atoms with Crippen molar-refractivity contribution in [3.63, 3.8) is 0 Å². The van der Waals surface area contributed by atoms with Gasteiger partial charge in [-0.05, 0) is 12.1 Å². The van der Waals surface area contributed by atoms with E-state index in [0.717, 1.165) is 10.9 Å². The lowest BCUT2D eigenvalue weighted by Crippen LogP contribution is -2.20. The third kappa shape index (κ3) is 2.02. The molecule has 1 unspecified atom stereocenters. The molecule has 0 saturated heterocycles. The molecule has 0 amide bonds. The lowest BCUT2D eigenvalue weighted by Gasteiger charge is -2.13. The summed E-state index contributed by atoms with van der Waals surface area (Å²) in [6, 6.07) is 10.8.